The minimum Gasteiger partial charge on any atom is -0.505 e. The van der Waals surface area contributed by atoms with Crippen LogP contribution in [0.1, 0.15) is 23.9 Å². The van der Waals surface area contributed by atoms with Gasteiger partial charge in [-0.1, -0.05) is 13.0 Å². The summed E-state index contributed by atoms with van der Waals surface area (Å²) in [4.78, 5) is 20.7. The molecule has 152 valence electrons. The van der Waals surface area contributed by atoms with Crippen LogP contribution in [-0.4, -0.2) is 43.1 Å². The first kappa shape index (κ1) is 18.4. The van der Waals surface area contributed by atoms with Gasteiger partial charge in [0.2, 0.25) is 6.41 Å². The van der Waals surface area contributed by atoms with E-state index in [4.69, 9.17) is 0 Å². The zero-order chi connectivity index (χ0) is 20.8. The number of rotatable bonds is 4. The second-order valence-electron chi connectivity index (χ2n) is 7.48. The highest BCUT2D eigenvalue weighted by Gasteiger charge is 2.21. The molecule has 30 heavy (non-hydrogen) atoms. The average molecular weight is 405 g/mol. The zero-order valence-corrected chi connectivity index (χ0v) is 16.4. The third-order valence-corrected chi connectivity index (χ3v) is 5.67. The molecule has 7 nitrogen and oxygen atoms in total. The van der Waals surface area contributed by atoms with Crippen LogP contribution in [0, 0.1) is 5.82 Å². The number of halogens is 1. The molecule has 0 aliphatic carbocycles. The lowest BCUT2D eigenvalue weighted by molar-refractivity contribution is -0.119. The maximum absolute atomic E-state index is 14.0. The van der Waals surface area contributed by atoms with Gasteiger partial charge in [-0.15, -0.1) is 0 Å². The van der Waals surface area contributed by atoms with Crippen molar-refractivity contribution < 1.29 is 14.3 Å². The molecule has 1 aliphatic rings. The van der Waals surface area contributed by atoms with Crippen LogP contribution in [0.4, 0.5) is 4.39 Å². The third-order valence-electron chi connectivity index (χ3n) is 5.67. The monoisotopic (exact) mass is 405 g/mol. The van der Waals surface area contributed by atoms with Crippen LogP contribution in [-0.2, 0) is 24.2 Å². The molecule has 3 heterocycles. The van der Waals surface area contributed by atoms with E-state index in [1.807, 2.05) is 25.1 Å². The topological polar surface area (TPSA) is 97.9 Å². The summed E-state index contributed by atoms with van der Waals surface area (Å²) in [5.41, 5.74) is 5.86. The Morgan fingerprint density at radius 3 is 2.97 bits per heavy atom. The first-order valence-corrected chi connectivity index (χ1v) is 9.84. The van der Waals surface area contributed by atoms with Gasteiger partial charge in [0.1, 0.15) is 5.69 Å². The van der Waals surface area contributed by atoms with Gasteiger partial charge >= 0.3 is 0 Å². The first-order chi connectivity index (χ1) is 14.6. The van der Waals surface area contributed by atoms with Crippen LogP contribution in [0.15, 0.2) is 30.3 Å². The number of imidazole rings is 1. The minimum absolute atomic E-state index is 0.338. The molecule has 0 saturated carbocycles. The second kappa shape index (κ2) is 6.98. The SMILES string of the molecule is CCc1cc(O)c(F)cc1-c1ccc2c(-c3nc4c([nH]3)CCN(C=O)C4)n[nH]c2c1. The third kappa shape index (κ3) is 2.92. The molecular formula is C22H20FN5O2. The molecule has 2 aromatic carbocycles. The summed E-state index contributed by atoms with van der Waals surface area (Å²) in [6.07, 6.45) is 2.25. The van der Waals surface area contributed by atoms with Gasteiger partial charge in [-0.2, -0.15) is 5.10 Å². The number of carbonyl (C=O) groups excluding carboxylic acids is 1. The van der Waals surface area contributed by atoms with Crippen LogP contribution in [0.3, 0.4) is 0 Å². The number of phenols is 1. The van der Waals surface area contributed by atoms with Crippen molar-refractivity contribution in [2.75, 3.05) is 6.54 Å². The quantitative estimate of drug-likeness (QED) is 0.452. The number of aromatic nitrogens is 4. The van der Waals surface area contributed by atoms with E-state index in [2.05, 4.69) is 20.2 Å². The Morgan fingerprint density at radius 2 is 2.17 bits per heavy atom. The van der Waals surface area contributed by atoms with Crippen molar-refractivity contribution in [3.05, 3.63) is 53.1 Å². The number of H-pyrrole nitrogens is 2. The molecule has 0 atom stereocenters. The van der Waals surface area contributed by atoms with Gasteiger partial charge in [-0.3, -0.25) is 9.89 Å². The smallest absolute Gasteiger partial charge is 0.210 e. The highest BCUT2D eigenvalue weighted by molar-refractivity contribution is 5.94. The Kier molecular flexibility index (Phi) is 4.27. The fourth-order valence-electron chi connectivity index (χ4n) is 4.05. The van der Waals surface area contributed by atoms with E-state index in [1.54, 1.807) is 4.90 Å². The van der Waals surface area contributed by atoms with Crippen molar-refractivity contribution in [3.8, 4) is 28.4 Å². The van der Waals surface area contributed by atoms with Gasteiger partial charge in [0.05, 0.1) is 17.8 Å². The number of benzene rings is 2. The molecule has 3 N–H and O–H groups in total. The maximum Gasteiger partial charge on any atom is 0.210 e. The van der Waals surface area contributed by atoms with Crippen LogP contribution >= 0.6 is 0 Å². The number of carbonyl (C=O) groups is 1. The summed E-state index contributed by atoms with van der Waals surface area (Å²) in [5, 5.41) is 18.1. The van der Waals surface area contributed by atoms with E-state index in [9.17, 15) is 14.3 Å². The molecule has 0 radical (unpaired) electrons. The number of fused-ring (bicyclic) bond motifs is 2. The maximum atomic E-state index is 14.0. The number of aryl methyl sites for hydroxylation is 1. The Labute approximate surface area is 171 Å². The minimum atomic E-state index is -0.641. The molecule has 5 rings (SSSR count). The van der Waals surface area contributed by atoms with Gasteiger partial charge < -0.3 is 15.0 Å². The standard InChI is InChI=1S/C22H20FN5O2/c1-2-12-8-20(30)16(23)9-15(12)13-3-4-14-18(7-13)26-27-21(14)22-24-17-5-6-28(11-29)10-19(17)25-22/h3-4,7-9,11,30H,2,5-6,10H2,1H3,(H,24,25)(H,26,27). The zero-order valence-electron chi connectivity index (χ0n) is 16.4. The van der Waals surface area contributed by atoms with Crippen molar-refractivity contribution >= 4 is 17.3 Å². The Hall–Kier alpha value is -3.68. The lowest BCUT2D eigenvalue weighted by Gasteiger charge is -2.21. The van der Waals surface area contributed by atoms with Gasteiger partial charge in [0.15, 0.2) is 17.4 Å². The molecular weight excluding hydrogens is 385 g/mol. The number of phenolic OH excluding ortho intramolecular Hbond substituents is 1. The molecule has 4 aromatic rings. The van der Waals surface area contributed by atoms with Crippen molar-refractivity contribution in [2.24, 2.45) is 0 Å². The fourth-order valence-corrected chi connectivity index (χ4v) is 4.05. The molecule has 0 unspecified atom stereocenters. The van der Waals surface area contributed by atoms with Gasteiger partial charge in [0, 0.05) is 24.0 Å². The summed E-state index contributed by atoms with van der Waals surface area (Å²) in [6.45, 7) is 3.13. The Morgan fingerprint density at radius 1 is 1.30 bits per heavy atom. The molecule has 1 aliphatic heterocycles. The van der Waals surface area contributed by atoms with Gasteiger partial charge in [0.25, 0.3) is 0 Å². The van der Waals surface area contributed by atoms with E-state index in [-0.39, 0.29) is 5.75 Å². The summed E-state index contributed by atoms with van der Waals surface area (Å²) in [7, 11) is 0. The molecule has 0 saturated heterocycles. The van der Waals surface area contributed by atoms with Crippen molar-refractivity contribution in [2.45, 2.75) is 26.3 Å². The molecule has 0 fully saturated rings. The van der Waals surface area contributed by atoms with Gasteiger partial charge in [-0.25, -0.2) is 9.37 Å². The van der Waals surface area contributed by atoms with Crippen LogP contribution in [0.5, 0.6) is 5.75 Å². The molecule has 2 aromatic heterocycles. The van der Waals surface area contributed by atoms with Crippen LogP contribution in [0.2, 0.25) is 0 Å². The Balaban J connectivity index is 1.55. The van der Waals surface area contributed by atoms with Crippen molar-refractivity contribution in [3.63, 3.8) is 0 Å². The first-order valence-electron chi connectivity index (χ1n) is 9.84. The van der Waals surface area contributed by atoms with E-state index >= 15 is 0 Å². The molecule has 8 heteroatoms. The number of aromatic amines is 2. The van der Waals surface area contributed by atoms with E-state index in [0.29, 0.717) is 31.0 Å². The number of nitrogens with zero attached hydrogens (tertiary/aromatic N) is 3. The number of hydrogen-bond donors (Lipinski definition) is 3. The van der Waals surface area contributed by atoms with E-state index in [1.165, 1.54) is 12.1 Å². The lowest BCUT2D eigenvalue weighted by Crippen LogP contribution is -2.29. The second-order valence-corrected chi connectivity index (χ2v) is 7.48. The number of nitrogens with one attached hydrogen (secondary N) is 2. The number of amides is 1. The highest BCUT2D eigenvalue weighted by Crippen LogP contribution is 2.33. The highest BCUT2D eigenvalue weighted by atomic mass is 19.1. The number of hydrogen-bond acceptors (Lipinski definition) is 4. The van der Waals surface area contributed by atoms with Crippen LogP contribution in [0.25, 0.3) is 33.5 Å². The molecule has 0 spiro atoms. The average Bonchev–Trinajstić information content (AvgIpc) is 3.37. The van der Waals surface area contributed by atoms with Crippen LogP contribution < -0.4 is 0 Å². The number of aromatic hydroxyl groups is 1. The van der Waals surface area contributed by atoms with Gasteiger partial charge in [-0.05, 0) is 47.4 Å². The predicted octanol–water partition coefficient (Wildman–Crippen LogP) is 3.54. The lowest BCUT2D eigenvalue weighted by atomic mass is 9.96. The summed E-state index contributed by atoms with van der Waals surface area (Å²) in [6, 6.07) is 8.62. The Bertz CT molecular complexity index is 1280. The van der Waals surface area contributed by atoms with E-state index in [0.717, 1.165) is 51.8 Å². The predicted molar refractivity (Wildman–Crippen MR) is 110 cm³/mol. The normalized spacial score (nSPS) is 13.6. The van der Waals surface area contributed by atoms with Crippen molar-refractivity contribution in [1.29, 1.82) is 0 Å². The fraction of sp³-hybridized carbons (Fsp3) is 0.227. The molecule has 0 bridgehead atoms. The molecule has 1 amide bonds. The summed E-state index contributed by atoms with van der Waals surface area (Å²) < 4.78 is 14.0. The largest absolute Gasteiger partial charge is 0.505 e. The van der Waals surface area contributed by atoms with E-state index < -0.39 is 5.82 Å². The summed E-state index contributed by atoms with van der Waals surface area (Å²) >= 11 is 0. The summed E-state index contributed by atoms with van der Waals surface area (Å²) in [5.74, 6) is -0.315. The van der Waals surface area contributed by atoms with Crippen molar-refractivity contribution in [1.82, 2.24) is 25.1 Å².